The van der Waals surface area contributed by atoms with Crippen LogP contribution in [-0.2, 0) is 0 Å². The van der Waals surface area contributed by atoms with Crippen LogP contribution in [0.1, 0.15) is 38.8 Å². The molecule has 0 saturated heterocycles. The first-order valence-electron chi connectivity index (χ1n) is 6.19. The topological polar surface area (TPSA) is 15.4 Å². The average Bonchev–Trinajstić information content (AvgIpc) is 2.28. The predicted octanol–water partition coefficient (Wildman–Crippen LogP) is 2.98. The molecule has 0 aliphatic rings. The Hall–Kier alpha value is -1.44. The van der Waals surface area contributed by atoms with Crippen LogP contribution in [0.4, 0.5) is 0 Å². The van der Waals surface area contributed by atoms with Gasteiger partial charge in [0.25, 0.3) is 0 Å². The summed E-state index contributed by atoms with van der Waals surface area (Å²) in [6.07, 6.45) is 4.09. The van der Waals surface area contributed by atoms with Crippen molar-refractivity contribution in [3.63, 3.8) is 0 Å². The molecule has 0 radical (unpaired) electrons. The Kier molecular flexibility index (Phi) is 5.08. The molecule has 2 heteroatoms. The van der Waals surface area contributed by atoms with Crippen LogP contribution < -0.4 is 0 Å². The van der Waals surface area contributed by atoms with Crippen molar-refractivity contribution in [3.05, 3.63) is 35.4 Å². The van der Waals surface area contributed by atoms with Crippen LogP contribution in [-0.4, -0.2) is 36.1 Å². The lowest BCUT2D eigenvalue weighted by molar-refractivity contribution is -0.524. The Bertz CT molecular complexity index is 397. The summed E-state index contributed by atoms with van der Waals surface area (Å²) in [5.41, 5.74) is 2.38. The molecule has 0 spiro atoms. The smallest absolute Gasteiger partial charge is 0.170 e. The molecule has 0 aliphatic heterocycles. The Labute approximate surface area is 105 Å². The first-order valence-corrected chi connectivity index (χ1v) is 6.19. The van der Waals surface area contributed by atoms with Gasteiger partial charge in [-0.15, -0.1) is 0 Å². The molecule has 0 aliphatic carbocycles. The minimum atomic E-state index is 0.355. The number of rotatable bonds is 4. The molecule has 17 heavy (non-hydrogen) atoms. The average molecular weight is 231 g/mol. The Morgan fingerprint density at radius 1 is 1.00 bits per heavy atom. The summed E-state index contributed by atoms with van der Waals surface area (Å²) < 4.78 is 2.21. The fourth-order valence-corrected chi connectivity index (χ4v) is 1.29. The molecule has 1 aromatic rings. The highest BCUT2D eigenvalue weighted by molar-refractivity contribution is 5.82. The maximum atomic E-state index is 4.37. The molecule has 92 valence electrons. The minimum absolute atomic E-state index is 0.355. The fraction of sp³-hybridized carbons (Fsp3) is 0.467. The molecular formula is C15H23N2+. The van der Waals surface area contributed by atoms with Gasteiger partial charge in [-0.3, -0.25) is 4.99 Å². The normalized spacial score (nSPS) is 13.0. The first-order chi connectivity index (χ1) is 7.99. The second-order valence-corrected chi connectivity index (χ2v) is 4.93. The standard InChI is InChI=1S/C15H23N2/c1-12(2)16-10-14-6-8-15(9-7-14)11-17(5)13(3)4/h6-13H,1-5H3/q+1. The Morgan fingerprint density at radius 3 is 2.00 bits per heavy atom. The molecule has 0 unspecified atom stereocenters. The van der Waals surface area contributed by atoms with Crippen molar-refractivity contribution in [1.29, 1.82) is 0 Å². The second kappa shape index (κ2) is 6.33. The SMILES string of the molecule is CC(C)N=Cc1ccc(C=[N+](C)C(C)C)cc1. The number of aliphatic imine (C=N–C) groups is 1. The molecule has 2 nitrogen and oxygen atoms in total. The molecule has 0 saturated carbocycles. The van der Waals surface area contributed by atoms with Crippen molar-refractivity contribution in [3.8, 4) is 0 Å². The lowest BCUT2D eigenvalue weighted by Gasteiger charge is -2.01. The summed E-state index contributed by atoms with van der Waals surface area (Å²) in [7, 11) is 2.10. The lowest BCUT2D eigenvalue weighted by atomic mass is 10.1. The molecule has 1 aromatic carbocycles. The van der Waals surface area contributed by atoms with Gasteiger partial charge in [-0.05, 0) is 45.4 Å². The summed E-state index contributed by atoms with van der Waals surface area (Å²) in [6, 6.07) is 9.34. The van der Waals surface area contributed by atoms with E-state index in [-0.39, 0.29) is 0 Å². The fourth-order valence-electron chi connectivity index (χ4n) is 1.29. The first kappa shape index (κ1) is 13.6. The van der Waals surface area contributed by atoms with Gasteiger partial charge in [0.2, 0.25) is 0 Å². The molecule has 0 aromatic heterocycles. The molecular weight excluding hydrogens is 208 g/mol. The highest BCUT2D eigenvalue weighted by Crippen LogP contribution is 2.01. The molecule has 1 rings (SSSR count). The van der Waals surface area contributed by atoms with Crippen LogP contribution in [0.25, 0.3) is 0 Å². The number of hydrogen-bond acceptors (Lipinski definition) is 1. The predicted molar refractivity (Wildman–Crippen MR) is 75.7 cm³/mol. The van der Waals surface area contributed by atoms with Gasteiger partial charge in [-0.2, -0.15) is 0 Å². The van der Waals surface area contributed by atoms with Gasteiger partial charge in [0.15, 0.2) is 6.21 Å². The zero-order valence-corrected chi connectivity index (χ0v) is 11.5. The molecule has 0 heterocycles. The van der Waals surface area contributed by atoms with Crippen LogP contribution in [0.5, 0.6) is 0 Å². The Morgan fingerprint density at radius 2 is 1.53 bits per heavy atom. The third-order valence-electron chi connectivity index (χ3n) is 2.63. The third-order valence-corrected chi connectivity index (χ3v) is 2.63. The second-order valence-electron chi connectivity index (χ2n) is 4.93. The van der Waals surface area contributed by atoms with E-state index < -0.39 is 0 Å². The van der Waals surface area contributed by atoms with E-state index in [1.165, 1.54) is 5.56 Å². The molecule has 0 amide bonds. The van der Waals surface area contributed by atoms with E-state index in [1.807, 2.05) is 6.21 Å². The minimum Gasteiger partial charge on any atom is -0.290 e. The van der Waals surface area contributed by atoms with Crippen LogP contribution in [0.15, 0.2) is 29.3 Å². The maximum absolute atomic E-state index is 4.37. The molecule has 0 fully saturated rings. The molecule has 0 N–H and O–H groups in total. The van der Waals surface area contributed by atoms with Crippen LogP contribution in [0.2, 0.25) is 0 Å². The van der Waals surface area contributed by atoms with E-state index in [9.17, 15) is 0 Å². The van der Waals surface area contributed by atoms with Gasteiger partial charge < -0.3 is 0 Å². The van der Waals surface area contributed by atoms with E-state index in [2.05, 4.69) is 74.8 Å². The number of benzene rings is 1. The van der Waals surface area contributed by atoms with Gasteiger partial charge in [-0.1, -0.05) is 12.1 Å². The van der Waals surface area contributed by atoms with Gasteiger partial charge in [-0.25, -0.2) is 4.58 Å². The monoisotopic (exact) mass is 231 g/mol. The van der Waals surface area contributed by atoms with Gasteiger partial charge in [0.1, 0.15) is 13.1 Å². The molecule has 0 bridgehead atoms. The maximum Gasteiger partial charge on any atom is 0.170 e. The zero-order chi connectivity index (χ0) is 12.8. The van der Waals surface area contributed by atoms with Crippen LogP contribution in [0, 0.1) is 0 Å². The molecule has 0 atom stereocenters. The largest absolute Gasteiger partial charge is 0.290 e. The van der Waals surface area contributed by atoms with Crippen LogP contribution >= 0.6 is 0 Å². The summed E-state index contributed by atoms with van der Waals surface area (Å²) >= 11 is 0. The van der Waals surface area contributed by atoms with E-state index in [0.717, 1.165) is 5.56 Å². The van der Waals surface area contributed by atoms with Crippen molar-refractivity contribution in [2.45, 2.75) is 39.8 Å². The zero-order valence-electron chi connectivity index (χ0n) is 11.5. The third kappa shape index (κ3) is 4.94. The quantitative estimate of drug-likeness (QED) is 0.559. The highest BCUT2D eigenvalue weighted by atomic mass is 15.0. The van der Waals surface area contributed by atoms with Crippen molar-refractivity contribution < 1.29 is 4.58 Å². The van der Waals surface area contributed by atoms with E-state index in [4.69, 9.17) is 0 Å². The van der Waals surface area contributed by atoms with Crippen molar-refractivity contribution >= 4 is 12.4 Å². The lowest BCUT2D eigenvalue weighted by Crippen LogP contribution is -2.16. The van der Waals surface area contributed by atoms with E-state index >= 15 is 0 Å². The Balaban J connectivity index is 2.78. The summed E-state index contributed by atoms with van der Waals surface area (Å²) in [6.45, 7) is 8.52. The van der Waals surface area contributed by atoms with Crippen molar-refractivity contribution in [1.82, 2.24) is 0 Å². The number of nitrogens with zero attached hydrogens (tertiary/aromatic N) is 2. The van der Waals surface area contributed by atoms with Crippen LogP contribution in [0.3, 0.4) is 0 Å². The van der Waals surface area contributed by atoms with E-state index in [0.29, 0.717) is 12.1 Å². The van der Waals surface area contributed by atoms with Gasteiger partial charge in [0, 0.05) is 17.8 Å². The van der Waals surface area contributed by atoms with Gasteiger partial charge >= 0.3 is 0 Å². The summed E-state index contributed by atoms with van der Waals surface area (Å²) in [4.78, 5) is 4.37. The van der Waals surface area contributed by atoms with Gasteiger partial charge in [0.05, 0.1) is 0 Å². The highest BCUT2D eigenvalue weighted by Gasteiger charge is 2.02. The number of hydrogen-bond donors (Lipinski definition) is 0. The summed E-state index contributed by atoms with van der Waals surface area (Å²) in [5, 5.41) is 0. The van der Waals surface area contributed by atoms with Crippen molar-refractivity contribution in [2.24, 2.45) is 4.99 Å². The van der Waals surface area contributed by atoms with E-state index in [1.54, 1.807) is 0 Å². The van der Waals surface area contributed by atoms with Crippen molar-refractivity contribution in [2.75, 3.05) is 7.05 Å². The summed E-state index contributed by atoms with van der Waals surface area (Å²) in [5.74, 6) is 0.